The molecule has 4 aromatic heterocycles. The number of halogens is 6. The molecule has 2 aliphatic rings. The molecule has 342 valence electrons. The first kappa shape index (κ1) is 47.9. The molecule has 2 fully saturated rings. The number of thiazole rings is 1. The number of aryl methyl sites for hydroxylation is 1. The number of hydrogen-bond acceptors (Lipinski definition) is 11. The number of nitriles is 1. The van der Waals surface area contributed by atoms with E-state index in [-0.39, 0.29) is 45.2 Å². The fourth-order valence-electron chi connectivity index (χ4n) is 7.57. The number of nitrogens with two attached hydrogens (primary N) is 1. The fraction of sp³-hybridized carbons (Fsp3) is 0.452. The summed E-state index contributed by atoms with van der Waals surface area (Å²) in [5.41, 5.74) is 3.78. The summed E-state index contributed by atoms with van der Waals surface area (Å²) < 4.78 is 94.7. The number of urea groups is 1. The van der Waals surface area contributed by atoms with Gasteiger partial charge in [0.15, 0.2) is 5.13 Å². The van der Waals surface area contributed by atoms with E-state index in [9.17, 15) is 45.8 Å². The van der Waals surface area contributed by atoms with Gasteiger partial charge in [0.2, 0.25) is 11.9 Å². The molecular formula is C42H48F6N11O3PS. The molecule has 0 saturated carbocycles. The van der Waals surface area contributed by atoms with Gasteiger partial charge in [0, 0.05) is 54.2 Å². The van der Waals surface area contributed by atoms with E-state index in [1.165, 1.54) is 42.8 Å². The molecule has 2 aliphatic heterocycles. The van der Waals surface area contributed by atoms with Crippen LogP contribution < -0.4 is 27.0 Å². The Kier molecular flexibility index (Phi) is 13.3. The Bertz CT molecular complexity index is 2660. The number of pyridine rings is 1. The van der Waals surface area contributed by atoms with Gasteiger partial charge in [-0.15, -0.1) is 0 Å². The average Bonchev–Trinajstić information content (AvgIpc) is 3.96. The van der Waals surface area contributed by atoms with Gasteiger partial charge in [-0.3, -0.25) is 15.1 Å². The standard InChI is InChI=1S/C23H26F3N6OP.C19H22F3N5O2S/c1-22(2)8-7-14(10-30-22)31-21-29-12-17(23(24,25)26)18(32-21)16-11-28-19-15(16)6-5-13(9-27)20(19)34(3,4)33;1-10-14(11-6-7-24-13(9-11)18(2,3)19(20,21)22)30-16(25-10)26-17(29)27-8-4-5-12(27)15(23)28/h5-6,11-12,14,28,30H,7-8,10H2,1-4H3,(H,29,31,32);6-7,9,12H,4-5,8H2,1-3H3,(H2,23,28)(H,25,26,29). The first-order valence-corrected chi connectivity index (χ1v) is 23.6. The minimum atomic E-state index is -4.67. The summed E-state index contributed by atoms with van der Waals surface area (Å²) in [5.74, 6) is -0.454. The Morgan fingerprint density at radius 1 is 1.08 bits per heavy atom. The lowest BCUT2D eigenvalue weighted by Crippen LogP contribution is -2.50. The Labute approximate surface area is 369 Å². The minimum absolute atomic E-state index is 0.00631. The fourth-order valence-corrected chi connectivity index (χ4v) is 9.95. The van der Waals surface area contributed by atoms with Crippen molar-refractivity contribution in [2.24, 2.45) is 5.73 Å². The van der Waals surface area contributed by atoms with Crippen LogP contribution in [-0.2, 0) is 21.0 Å². The molecule has 14 nitrogen and oxygen atoms in total. The maximum absolute atomic E-state index is 13.9. The maximum Gasteiger partial charge on any atom is 0.419 e. The Hall–Kier alpha value is -5.58. The van der Waals surface area contributed by atoms with Crippen LogP contribution in [0.15, 0.2) is 42.9 Å². The summed E-state index contributed by atoms with van der Waals surface area (Å²) in [6, 6.07) is 6.91. The quantitative estimate of drug-likeness (QED) is 0.0740. The molecular weight excluding hydrogens is 884 g/mol. The van der Waals surface area contributed by atoms with Gasteiger partial charge in [0.25, 0.3) is 0 Å². The van der Waals surface area contributed by atoms with Crippen molar-refractivity contribution >= 4 is 57.7 Å². The van der Waals surface area contributed by atoms with Crippen LogP contribution in [0.4, 0.5) is 42.2 Å². The van der Waals surface area contributed by atoms with Crippen LogP contribution in [0, 0.1) is 18.3 Å². The van der Waals surface area contributed by atoms with Crippen molar-refractivity contribution in [3.63, 3.8) is 0 Å². The smallest absolute Gasteiger partial charge is 0.368 e. The third-order valence-electron chi connectivity index (χ3n) is 11.3. The van der Waals surface area contributed by atoms with Gasteiger partial charge < -0.3 is 30.8 Å². The molecule has 7 rings (SSSR count). The number of likely N-dealkylation sites (tertiary alicyclic amines) is 1. The molecule has 2 unspecified atom stereocenters. The van der Waals surface area contributed by atoms with Crippen LogP contribution in [0.2, 0.25) is 0 Å². The van der Waals surface area contributed by atoms with Gasteiger partial charge in [0.1, 0.15) is 24.2 Å². The van der Waals surface area contributed by atoms with Crippen LogP contribution >= 0.6 is 18.5 Å². The number of amides is 3. The second kappa shape index (κ2) is 17.8. The number of nitrogens with zero attached hydrogens (tertiary/aromatic N) is 6. The molecule has 64 heavy (non-hydrogen) atoms. The third kappa shape index (κ3) is 10.2. The van der Waals surface area contributed by atoms with E-state index in [0.717, 1.165) is 44.2 Å². The summed E-state index contributed by atoms with van der Waals surface area (Å²) in [6.45, 7) is 12.2. The van der Waals surface area contributed by atoms with Crippen molar-refractivity contribution in [2.75, 3.05) is 37.1 Å². The number of benzene rings is 1. The van der Waals surface area contributed by atoms with E-state index in [1.807, 2.05) is 6.07 Å². The van der Waals surface area contributed by atoms with Crippen molar-refractivity contribution in [3.05, 3.63) is 65.4 Å². The number of alkyl halides is 6. The molecule has 3 amide bonds. The summed E-state index contributed by atoms with van der Waals surface area (Å²) in [4.78, 5) is 45.4. The van der Waals surface area contributed by atoms with Gasteiger partial charge in [-0.2, -0.15) is 31.6 Å². The van der Waals surface area contributed by atoms with Crippen LogP contribution in [0.5, 0.6) is 0 Å². The number of primary amides is 1. The average molecular weight is 932 g/mol. The van der Waals surface area contributed by atoms with Gasteiger partial charge in [-0.1, -0.05) is 17.4 Å². The highest BCUT2D eigenvalue weighted by Crippen LogP contribution is 2.44. The molecule has 2 atom stereocenters. The summed E-state index contributed by atoms with van der Waals surface area (Å²) >= 11 is 1.14. The Balaban J connectivity index is 0.000000214. The largest absolute Gasteiger partial charge is 0.419 e. The molecule has 0 spiro atoms. The van der Waals surface area contributed by atoms with Crippen molar-refractivity contribution in [3.8, 4) is 27.8 Å². The zero-order chi connectivity index (χ0) is 47.2. The molecule has 2 saturated heterocycles. The van der Waals surface area contributed by atoms with Crippen LogP contribution in [0.1, 0.15) is 75.9 Å². The lowest BCUT2D eigenvalue weighted by atomic mass is 9.87. The second-order valence-corrected chi connectivity index (χ2v) is 21.5. The monoisotopic (exact) mass is 931 g/mol. The molecule has 1 aromatic carbocycles. The minimum Gasteiger partial charge on any atom is -0.368 e. The lowest BCUT2D eigenvalue weighted by Gasteiger charge is -2.36. The number of carbonyl (C=O) groups is 2. The number of fused-ring (bicyclic) bond motifs is 1. The summed E-state index contributed by atoms with van der Waals surface area (Å²) in [6.07, 6.45) is -2.67. The number of aromatic nitrogens is 5. The maximum atomic E-state index is 13.9. The second-order valence-electron chi connectivity index (χ2n) is 17.3. The van der Waals surface area contributed by atoms with Gasteiger partial charge in [0.05, 0.1) is 44.4 Å². The van der Waals surface area contributed by atoms with Crippen LogP contribution in [-0.4, -0.2) is 92.0 Å². The molecule has 0 radical (unpaired) electrons. The molecule has 0 aliphatic carbocycles. The highest BCUT2D eigenvalue weighted by atomic mass is 32.1. The SMILES string of the molecule is CC1(C)CCC(Nc2ncc(C(F)(F)F)c(-c3c[nH]c4c(P(C)(C)=O)c(C#N)ccc34)n2)CN1.Cc1nc(NC(=O)N2CCCC2C(N)=O)sc1-c1ccnc(C(C)(C)C(F)(F)F)c1. The van der Waals surface area contributed by atoms with Crippen molar-refractivity contribution in [2.45, 2.75) is 95.7 Å². The predicted molar refractivity (Wildman–Crippen MR) is 234 cm³/mol. The topological polar surface area (TPSA) is 208 Å². The number of anilines is 2. The number of piperidine rings is 1. The number of nitrogens with one attached hydrogen (secondary N) is 4. The number of H-pyrrole nitrogens is 1. The van der Waals surface area contributed by atoms with Gasteiger partial charge in [-0.05, 0) is 97.4 Å². The zero-order valence-electron chi connectivity index (χ0n) is 36.0. The molecule has 22 heteroatoms. The Morgan fingerprint density at radius 2 is 1.80 bits per heavy atom. The normalized spacial score (nSPS) is 18.0. The number of aromatic amines is 1. The number of rotatable bonds is 8. The van der Waals surface area contributed by atoms with E-state index in [0.29, 0.717) is 58.3 Å². The van der Waals surface area contributed by atoms with Crippen molar-refractivity contribution < 1.29 is 40.5 Å². The van der Waals surface area contributed by atoms with Gasteiger partial charge >= 0.3 is 18.4 Å². The van der Waals surface area contributed by atoms with Crippen molar-refractivity contribution in [1.82, 2.24) is 35.1 Å². The summed E-state index contributed by atoms with van der Waals surface area (Å²) in [5, 5.41) is 19.7. The highest BCUT2D eigenvalue weighted by Gasteiger charge is 2.49. The predicted octanol–water partition coefficient (Wildman–Crippen LogP) is 8.54. The highest BCUT2D eigenvalue weighted by molar-refractivity contribution is 7.70. The molecule has 5 aromatic rings. The first-order chi connectivity index (χ1) is 29.7. The van der Waals surface area contributed by atoms with E-state index in [1.54, 1.807) is 19.1 Å². The molecule has 6 heterocycles. The van der Waals surface area contributed by atoms with E-state index >= 15 is 0 Å². The lowest BCUT2D eigenvalue weighted by molar-refractivity contribution is -0.181. The van der Waals surface area contributed by atoms with Crippen molar-refractivity contribution in [1.29, 1.82) is 5.26 Å². The Morgan fingerprint density at radius 3 is 2.41 bits per heavy atom. The zero-order valence-corrected chi connectivity index (χ0v) is 37.8. The van der Waals surface area contributed by atoms with Crippen LogP contribution in [0.25, 0.3) is 32.6 Å². The van der Waals surface area contributed by atoms with E-state index in [2.05, 4.69) is 54.7 Å². The summed E-state index contributed by atoms with van der Waals surface area (Å²) in [7, 11) is -2.91. The number of hydrogen-bond donors (Lipinski definition) is 5. The van der Waals surface area contributed by atoms with Gasteiger partial charge in [-0.25, -0.2) is 19.7 Å². The third-order valence-corrected chi connectivity index (χ3v) is 14.0. The van der Waals surface area contributed by atoms with Crippen LogP contribution in [0.3, 0.4) is 0 Å². The molecule has 6 N–H and O–H groups in total. The van der Waals surface area contributed by atoms with E-state index < -0.39 is 48.5 Å². The molecule has 0 bridgehead atoms. The first-order valence-electron chi connectivity index (χ1n) is 20.2. The van der Waals surface area contributed by atoms with E-state index in [4.69, 9.17) is 5.73 Å². The number of carbonyl (C=O) groups excluding carboxylic acids is 2.